The molecule has 1 saturated heterocycles. The van der Waals surface area contributed by atoms with Crippen molar-refractivity contribution in [3.63, 3.8) is 0 Å². The topological polar surface area (TPSA) is 99.0 Å². The van der Waals surface area contributed by atoms with Gasteiger partial charge in [-0.25, -0.2) is 4.79 Å². The average Bonchev–Trinajstić information content (AvgIpc) is 2.64. The number of urea groups is 1. The van der Waals surface area contributed by atoms with Crippen LogP contribution in [0, 0.1) is 10.1 Å². The van der Waals surface area contributed by atoms with Gasteiger partial charge in [0.2, 0.25) is 5.91 Å². The first kappa shape index (κ1) is 20.9. The quantitative estimate of drug-likeness (QED) is 0.586. The number of rotatable bonds is 6. The molecule has 1 N–H and O–H groups in total. The van der Waals surface area contributed by atoms with E-state index in [-0.39, 0.29) is 22.6 Å². The number of hydrogen-bond acceptors (Lipinski definition) is 5. The molecule has 0 bridgehead atoms. The van der Waals surface area contributed by atoms with Crippen molar-refractivity contribution in [1.29, 1.82) is 0 Å². The fourth-order valence-electron chi connectivity index (χ4n) is 2.91. The summed E-state index contributed by atoms with van der Waals surface area (Å²) in [5.74, 6) is 0.0892. The number of likely N-dealkylation sites (N-methyl/N-ethyl adjacent to an activating group) is 1. The van der Waals surface area contributed by atoms with E-state index in [1.165, 1.54) is 18.2 Å². The van der Waals surface area contributed by atoms with Gasteiger partial charge in [-0.2, -0.15) is 0 Å². The van der Waals surface area contributed by atoms with E-state index >= 15 is 0 Å². The smallest absolute Gasteiger partial charge is 0.321 e. The van der Waals surface area contributed by atoms with E-state index in [1.807, 2.05) is 18.7 Å². The van der Waals surface area contributed by atoms with Gasteiger partial charge in [0.1, 0.15) is 5.02 Å². The minimum Gasteiger partial charge on any atom is -0.342 e. The Morgan fingerprint density at radius 2 is 1.85 bits per heavy atom. The molecule has 0 atom stereocenters. The number of nitrogens with one attached hydrogen (secondary N) is 1. The first-order valence-corrected chi connectivity index (χ1v) is 9.23. The van der Waals surface area contributed by atoms with Crippen LogP contribution in [-0.2, 0) is 4.79 Å². The predicted octanol–water partition coefficient (Wildman–Crippen LogP) is 2.27. The lowest BCUT2D eigenvalue weighted by Gasteiger charge is -2.35. The lowest BCUT2D eigenvalue weighted by Crippen LogP contribution is -2.52. The molecule has 0 spiro atoms. The van der Waals surface area contributed by atoms with E-state index in [9.17, 15) is 19.7 Å². The monoisotopic (exact) mass is 397 g/mol. The maximum Gasteiger partial charge on any atom is 0.321 e. The van der Waals surface area contributed by atoms with Gasteiger partial charge in [0.25, 0.3) is 5.69 Å². The second-order valence-corrected chi connectivity index (χ2v) is 6.59. The van der Waals surface area contributed by atoms with Crippen molar-refractivity contribution in [2.24, 2.45) is 0 Å². The van der Waals surface area contributed by atoms with Crippen LogP contribution in [0.1, 0.15) is 13.8 Å². The summed E-state index contributed by atoms with van der Waals surface area (Å²) < 4.78 is 0. The van der Waals surface area contributed by atoms with Gasteiger partial charge in [0, 0.05) is 51.0 Å². The predicted molar refractivity (Wildman–Crippen MR) is 103 cm³/mol. The second-order valence-electron chi connectivity index (χ2n) is 6.18. The summed E-state index contributed by atoms with van der Waals surface area (Å²) >= 11 is 5.78. The highest BCUT2D eigenvalue weighted by atomic mass is 35.5. The van der Waals surface area contributed by atoms with Gasteiger partial charge in [-0.1, -0.05) is 11.6 Å². The molecular weight excluding hydrogens is 374 g/mol. The molecule has 1 aromatic carbocycles. The van der Waals surface area contributed by atoms with Gasteiger partial charge in [-0.3, -0.25) is 19.8 Å². The van der Waals surface area contributed by atoms with Gasteiger partial charge in [-0.15, -0.1) is 0 Å². The summed E-state index contributed by atoms with van der Waals surface area (Å²) in [6, 6.07) is 3.80. The number of carbonyl (C=O) groups excluding carboxylic acids is 2. The molecule has 9 nitrogen and oxygen atoms in total. The molecular formula is C17H24ClN5O4. The zero-order valence-electron chi connectivity index (χ0n) is 15.5. The third kappa shape index (κ3) is 5.54. The van der Waals surface area contributed by atoms with Crippen LogP contribution in [0.3, 0.4) is 0 Å². The standard InChI is InChI=1S/C17H24ClN5O4/c1-3-21(4-2)16(24)12-20-7-9-22(10-8-20)17(25)19-13-5-6-14(18)15(11-13)23(26)27/h5-6,11H,3-4,7-10,12H2,1-2H3,(H,19,25). The lowest BCUT2D eigenvalue weighted by atomic mass is 10.2. The molecule has 1 aliphatic heterocycles. The number of anilines is 1. The van der Waals surface area contributed by atoms with E-state index in [4.69, 9.17) is 11.6 Å². The molecule has 0 aliphatic carbocycles. The summed E-state index contributed by atoms with van der Waals surface area (Å²) in [6.07, 6.45) is 0. The lowest BCUT2D eigenvalue weighted by molar-refractivity contribution is -0.384. The Bertz CT molecular complexity index is 703. The van der Waals surface area contributed by atoms with E-state index in [0.29, 0.717) is 51.5 Å². The molecule has 2 rings (SSSR count). The first-order chi connectivity index (χ1) is 12.8. The van der Waals surface area contributed by atoms with E-state index in [2.05, 4.69) is 5.32 Å². The second kappa shape index (κ2) is 9.52. The maximum atomic E-state index is 12.4. The summed E-state index contributed by atoms with van der Waals surface area (Å²) in [5, 5.41) is 13.6. The molecule has 27 heavy (non-hydrogen) atoms. The average molecular weight is 398 g/mol. The van der Waals surface area contributed by atoms with Gasteiger partial charge in [0.05, 0.1) is 11.5 Å². The highest BCUT2D eigenvalue weighted by Gasteiger charge is 2.24. The third-order valence-electron chi connectivity index (χ3n) is 4.53. The van der Waals surface area contributed by atoms with Crippen molar-refractivity contribution >= 4 is 34.9 Å². The number of amides is 3. The molecule has 1 heterocycles. The Morgan fingerprint density at radius 1 is 1.22 bits per heavy atom. The normalized spacial score (nSPS) is 14.7. The summed E-state index contributed by atoms with van der Waals surface area (Å²) in [5.41, 5.74) is 0.0597. The minimum atomic E-state index is -0.594. The van der Waals surface area contributed by atoms with Gasteiger partial charge in [-0.05, 0) is 26.0 Å². The molecule has 0 radical (unpaired) electrons. The van der Waals surface area contributed by atoms with E-state index in [0.717, 1.165) is 0 Å². The zero-order valence-corrected chi connectivity index (χ0v) is 16.2. The molecule has 148 valence electrons. The Labute approximate surface area is 163 Å². The van der Waals surface area contributed by atoms with Crippen LogP contribution < -0.4 is 5.32 Å². The van der Waals surface area contributed by atoms with Crippen LogP contribution >= 0.6 is 11.6 Å². The van der Waals surface area contributed by atoms with Crippen molar-refractivity contribution in [1.82, 2.24) is 14.7 Å². The van der Waals surface area contributed by atoms with Crippen molar-refractivity contribution in [2.75, 3.05) is 51.1 Å². The number of nitrogens with zero attached hydrogens (tertiary/aromatic N) is 4. The van der Waals surface area contributed by atoms with Crippen LogP contribution in [0.25, 0.3) is 0 Å². The third-order valence-corrected chi connectivity index (χ3v) is 4.85. The minimum absolute atomic E-state index is 0.0180. The van der Waals surface area contributed by atoms with Gasteiger partial charge < -0.3 is 15.1 Å². The number of hydrogen-bond donors (Lipinski definition) is 1. The number of piperazine rings is 1. The fourth-order valence-corrected chi connectivity index (χ4v) is 3.10. The van der Waals surface area contributed by atoms with Crippen LogP contribution in [0.2, 0.25) is 5.02 Å². The van der Waals surface area contributed by atoms with E-state index in [1.54, 1.807) is 9.80 Å². The Kier molecular flexibility index (Phi) is 7.37. The highest BCUT2D eigenvalue weighted by molar-refractivity contribution is 6.32. The Hall–Kier alpha value is -2.39. The molecule has 0 unspecified atom stereocenters. The van der Waals surface area contributed by atoms with Crippen molar-refractivity contribution in [3.8, 4) is 0 Å². The first-order valence-electron chi connectivity index (χ1n) is 8.85. The van der Waals surface area contributed by atoms with E-state index < -0.39 is 4.92 Å². The van der Waals surface area contributed by atoms with Crippen LogP contribution in [0.4, 0.5) is 16.2 Å². The number of benzene rings is 1. The van der Waals surface area contributed by atoms with Crippen molar-refractivity contribution in [3.05, 3.63) is 33.3 Å². The van der Waals surface area contributed by atoms with Crippen LogP contribution in [0.5, 0.6) is 0 Å². The largest absolute Gasteiger partial charge is 0.342 e. The fraction of sp³-hybridized carbons (Fsp3) is 0.529. The molecule has 0 saturated carbocycles. The highest BCUT2D eigenvalue weighted by Crippen LogP contribution is 2.27. The summed E-state index contributed by atoms with van der Waals surface area (Å²) in [6.45, 7) is 7.77. The summed E-state index contributed by atoms with van der Waals surface area (Å²) in [4.78, 5) is 40.3. The number of nitro groups is 1. The molecule has 1 aliphatic rings. The van der Waals surface area contributed by atoms with Gasteiger partial charge >= 0.3 is 6.03 Å². The van der Waals surface area contributed by atoms with Crippen LogP contribution in [0.15, 0.2) is 18.2 Å². The van der Waals surface area contributed by atoms with Crippen LogP contribution in [-0.4, -0.2) is 77.4 Å². The molecule has 10 heteroatoms. The number of nitro benzene ring substituents is 1. The molecule has 0 aromatic heterocycles. The number of halogens is 1. The molecule has 1 fully saturated rings. The molecule has 3 amide bonds. The summed E-state index contributed by atoms with van der Waals surface area (Å²) in [7, 11) is 0. The Balaban J connectivity index is 1.87. The number of carbonyl (C=O) groups is 2. The van der Waals surface area contributed by atoms with Crippen molar-refractivity contribution in [2.45, 2.75) is 13.8 Å². The SMILES string of the molecule is CCN(CC)C(=O)CN1CCN(C(=O)Nc2ccc(Cl)c([N+](=O)[O-])c2)CC1. The van der Waals surface area contributed by atoms with Gasteiger partial charge in [0.15, 0.2) is 0 Å². The zero-order chi connectivity index (χ0) is 20.0. The maximum absolute atomic E-state index is 12.4. The Morgan fingerprint density at radius 3 is 2.41 bits per heavy atom. The molecule has 1 aromatic rings. The van der Waals surface area contributed by atoms with Crippen molar-refractivity contribution < 1.29 is 14.5 Å².